The summed E-state index contributed by atoms with van der Waals surface area (Å²) < 4.78 is 10.0. The van der Waals surface area contributed by atoms with Gasteiger partial charge in [0.05, 0.1) is 19.6 Å². The van der Waals surface area contributed by atoms with Crippen LogP contribution in [0.15, 0.2) is 36.4 Å². The van der Waals surface area contributed by atoms with Crippen LogP contribution in [0.3, 0.4) is 0 Å². The molecule has 0 saturated heterocycles. The van der Waals surface area contributed by atoms with E-state index in [1.807, 2.05) is 36.4 Å². The molecular weight excluding hydrogens is 310 g/mol. The average Bonchev–Trinajstić information content (AvgIpc) is 2.59. The van der Waals surface area contributed by atoms with Crippen LogP contribution in [-0.2, 0) is 14.3 Å². The van der Waals surface area contributed by atoms with Crippen molar-refractivity contribution in [2.24, 2.45) is 0 Å². The number of ether oxygens (including phenoxy) is 2. The van der Waals surface area contributed by atoms with E-state index in [2.05, 4.69) is 5.32 Å². The number of carbonyl (C=O) groups excluding carboxylic acids is 1. The summed E-state index contributed by atoms with van der Waals surface area (Å²) in [7, 11) is 3.00. The highest BCUT2D eigenvalue weighted by Gasteiger charge is 2.23. The number of rotatable bonds is 7. The molecule has 0 bridgehead atoms. The highest BCUT2D eigenvalue weighted by molar-refractivity contribution is 5.90. The summed E-state index contributed by atoms with van der Waals surface area (Å²) in [6.07, 6.45) is 0. The Morgan fingerprint density at radius 2 is 1.79 bits per heavy atom. The van der Waals surface area contributed by atoms with Gasteiger partial charge < -0.3 is 19.9 Å². The van der Waals surface area contributed by atoms with Gasteiger partial charge in [0.2, 0.25) is 5.91 Å². The van der Waals surface area contributed by atoms with Gasteiger partial charge in [-0.05, 0) is 35.4 Å². The highest BCUT2D eigenvalue weighted by Crippen LogP contribution is 2.25. The lowest BCUT2D eigenvalue weighted by Gasteiger charge is -2.18. The zero-order valence-electron chi connectivity index (χ0n) is 13.9. The largest absolute Gasteiger partial charge is 0.497 e. The molecule has 24 heavy (non-hydrogen) atoms. The van der Waals surface area contributed by atoms with Crippen molar-refractivity contribution in [1.82, 2.24) is 5.32 Å². The van der Waals surface area contributed by atoms with Crippen LogP contribution >= 0.6 is 0 Å². The zero-order chi connectivity index (χ0) is 17.7. The molecule has 0 spiro atoms. The molecule has 0 heterocycles. The fraction of sp³-hybridized carbons (Fsp3) is 0.333. The van der Waals surface area contributed by atoms with Gasteiger partial charge in [0.25, 0.3) is 0 Å². The first-order valence-corrected chi connectivity index (χ1v) is 7.56. The van der Waals surface area contributed by atoms with Crippen molar-refractivity contribution in [3.05, 3.63) is 42.0 Å². The lowest BCUT2D eigenvalue weighted by atomic mass is 9.96. The van der Waals surface area contributed by atoms with Gasteiger partial charge in [-0.15, -0.1) is 0 Å². The van der Waals surface area contributed by atoms with E-state index >= 15 is 0 Å². The molecule has 0 saturated carbocycles. The second kappa shape index (κ2) is 7.79. The summed E-state index contributed by atoms with van der Waals surface area (Å²) in [6.45, 7) is 1.66. The minimum atomic E-state index is -1.12. The van der Waals surface area contributed by atoms with E-state index in [1.54, 1.807) is 14.0 Å². The molecule has 2 N–H and O–H groups in total. The summed E-state index contributed by atoms with van der Waals surface area (Å²) in [5.41, 5.74) is 0.812. The molecular formula is C18H21NO5. The first-order valence-electron chi connectivity index (χ1n) is 7.56. The predicted octanol–water partition coefficient (Wildman–Crippen LogP) is 2.17. The van der Waals surface area contributed by atoms with E-state index < -0.39 is 17.9 Å². The summed E-state index contributed by atoms with van der Waals surface area (Å²) in [6, 6.07) is 10.3. The molecule has 0 aliphatic heterocycles. The van der Waals surface area contributed by atoms with Crippen LogP contribution in [0, 0.1) is 0 Å². The molecule has 128 valence electrons. The number of carboxylic acids is 1. The van der Waals surface area contributed by atoms with Gasteiger partial charge >= 0.3 is 5.97 Å². The summed E-state index contributed by atoms with van der Waals surface area (Å²) >= 11 is 0. The number of methoxy groups -OCH3 is 2. The molecule has 6 heteroatoms. The maximum Gasteiger partial charge on any atom is 0.328 e. The molecule has 0 aliphatic rings. The van der Waals surface area contributed by atoms with Crippen molar-refractivity contribution in [2.45, 2.75) is 18.9 Å². The minimum absolute atomic E-state index is 0.0781. The molecule has 2 unspecified atom stereocenters. The highest BCUT2D eigenvalue weighted by atomic mass is 16.5. The van der Waals surface area contributed by atoms with Gasteiger partial charge in [0, 0.05) is 7.11 Å². The number of amides is 1. The predicted molar refractivity (Wildman–Crippen MR) is 90.4 cm³/mol. The first kappa shape index (κ1) is 17.7. The van der Waals surface area contributed by atoms with E-state index in [4.69, 9.17) is 14.6 Å². The topological polar surface area (TPSA) is 84.9 Å². The standard InChI is InChI=1S/C18H21NO5/c1-11(17(20)19-16(10-23-2)18(21)22)12-4-5-14-9-15(24-3)7-6-13(14)8-12/h4-9,11,16H,10H2,1-3H3,(H,19,20)(H,21,22). The molecule has 2 atom stereocenters. The van der Waals surface area contributed by atoms with Crippen LogP contribution in [-0.4, -0.2) is 43.9 Å². The molecule has 1 amide bonds. The number of aliphatic carboxylic acids is 1. The van der Waals surface area contributed by atoms with E-state index in [1.165, 1.54) is 7.11 Å². The fourth-order valence-corrected chi connectivity index (χ4v) is 2.43. The number of fused-ring (bicyclic) bond motifs is 1. The van der Waals surface area contributed by atoms with Crippen LogP contribution in [0.5, 0.6) is 5.75 Å². The average molecular weight is 331 g/mol. The second-order valence-corrected chi connectivity index (χ2v) is 5.55. The van der Waals surface area contributed by atoms with E-state index in [0.29, 0.717) is 0 Å². The van der Waals surface area contributed by atoms with Crippen molar-refractivity contribution in [3.63, 3.8) is 0 Å². The van der Waals surface area contributed by atoms with Gasteiger partial charge in [-0.25, -0.2) is 4.79 Å². The maximum atomic E-state index is 12.3. The Kier molecular flexibility index (Phi) is 5.76. The maximum absolute atomic E-state index is 12.3. The first-order chi connectivity index (χ1) is 11.5. The lowest BCUT2D eigenvalue weighted by molar-refractivity contribution is -0.143. The molecule has 2 rings (SSSR count). The van der Waals surface area contributed by atoms with Crippen molar-refractivity contribution in [3.8, 4) is 5.75 Å². The van der Waals surface area contributed by atoms with Gasteiger partial charge in [-0.2, -0.15) is 0 Å². The second-order valence-electron chi connectivity index (χ2n) is 5.55. The molecule has 0 fully saturated rings. The molecule has 2 aromatic rings. The van der Waals surface area contributed by atoms with Crippen LogP contribution in [0.2, 0.25) is 0 Å². The number of carboxylic acid groups (broad SMARTS) is 1. The molecule has 0 aromatic heterocycles. The molecule has 2 aromatic carbocycles. The van der Waals surface area contributed by atoms with Crippen LogP contribution < -0.4 is 10.1 Å². The Morgan fingerprint density at radius 3 is 2.42 bits per heavy atom. The number of benzene rings is 2. The molecule has 0 aliphatic carbocycles. The van der Waals surface area contributed by atoms with Gasteiger partial charge in [-0.1, -0.05) is 24.3 Å². The number of hydrogen-bond donors (Lipinski definition) is 2. The smallest absolute Gasteiger partial charge is 0.328 e. The quantitative estimate of drug-likeness (QED) is 0.812. The third-order valence-corrected chi connectivity index (χ3v) is 3.91. The van der Waals surface area contributed by atoms with Crippen LogP contribution in [0.4, 0.5) is 0 Å². The molecule has 0 radical (unpaired) electrons. The Balaban J connectivity index is 2.19. The third-order valence-electron chi connectivity index (χ3n) is 3.91. The van der Waals surface area contributed by atoms with E-state index in [-0.39, 0.29) is 12.5 Å². The monoisotopic (exact) mass is 331 g/mol. The fourth-order valence-electron chi connectivity index (χ4n) is 2.43. The summed E-state index contributed by atoms with van der Waals surface area (Å²) in [4.78, 5) is 23.4. The number of carbonyl (C=O) groups is 2. The zero-order valence-corrected chi connectivity index (χ0v) is 13.9. The Labute approximate surface area is 140 Å². The lowest BCUT2D eigenvalue weighted by Crippen LogP contribution is -2.45. The van der Waals surface area contributed by atoms with E-state index in [9.17, 15) is 9.59 Å². The molecule has 6 nitrogen and oxygen atoms in total. The minimum Gasteiger partial charge on any atom is -0.497 e. The van der Waals surface area contributed by atoms with Crippen molar-refractivity contribution < 1.29 is 24.2 Å². The Bertz CT molecular complexity index is 743. The summed E-state index contributed by atoms with van der Waals surface area (Å²) in [5.74, 6) is -1.18. The Hall–Kier alpha value is -2.60. The summed E-state index contributed by atoms with van der Waals surface area (Å²) in [5, 5.41) is 13.6. The van der Waals surface area contributed by atoms with Gasteiger partial charge in [-0.3, -0.25) is 4.79 Å². The van der Waals surface area contributed by atoms with Crippen LogP contribution in [0.25, 0.3) is 10.8 Å². The number of hydrogen-bond acceptors (Lipinski definition) is 4. The number of nitrogens with one attached hydrogen (secondary N) is 1. The Morgan fingerprint density at radius 1 is 1.12 bits per heavy atom. The third kappa shape index (κ3) is 4.02. The van der Waals surface area contributed by atoms with Crippen LogP contribution in [0.1, 0.15) is 18.4 Å². The van der Waals surface area contributed by atoms with Gasteiger partial charge in [0.1, 0.15) is 5.75 Å². The van der Waals surface area contributed by atoms with Crippen molar-refractivity contribution >= 4 is 22.6 Å². The van der Waals surface area contributed by atoms with Gasteiger partial charge in [0.15, 0.2) is 6.04 Å². The normalized spacial score (nSPS) is 13.3. The van der Waals surface area contributed by atoms with Crippen molar-refractivity contribution in [2.75, 3.05) is 20.8 Å². The SMILES string of the molecule is COCC(NC(=O)C(C)c1ccc2cc(OC)ccc2c1)C(=O)O. The van der Waals surface area contributed by atoms with Crippen molar-refractivity contribution in [1.29, 1.82) is 0 Å². The van der Waals surface area contributed by atoms with E-state index in [0.717, 1.165) is 22.1 Å².